The summed E-state index contributed by atoms with van der Waals surface area (Å²) in [5, 5.41) is 0. The Morgan fingerprint density at radius 1 is 1.16 bits per heavy atom. The van der Waals surface area contributed by atoms with Gasteiger partial charge in [-0.2, -0.15) is 0 Å². The fraction of sp³-hybridized carbons (Fsp3) is 0.550. The van der Waals surface area contributed by atoms with Crippen molar-refractivity contribution in [3.8, 4) is 11.5 Å². The number of carbonyl (C=O) groups is 1. The Balaban J connectivity index is 1.76. The highest BCUT2D eigenvalue weighted by atomic mass is 16.7. The van der Waals surface area contributed by atoms with E-state index in [9.17, 15) is 4.79 Å². The highest BCUT2D eigenvalue weighted by Gasteiger charge is 2.68. The maximum Gasteiger partial charge on any atom is 0.172 e. The van der Waals surface area contributed by atoms with Crippen LogP contribution in [0.5, 0.6) is 11.5 Å². The van der Waals surface area contributed by atoms with Crippen LogP contribution in [0.4, 0.5) is 0 Å². The second kappa shape index (κ2) is 6.81. The van der Waals surface area contributed by atoms with Gasteiger partial charge in [0, 0.05) is 7.11 Å². The number of hydrogen-bond donors (Lipinski definition) is 0. The molecule has 0 aromatic heterocycles. The highest BCUT2D eigenvalue weighted by molar-refractivity contribution is 5.95. The van der Waals surface area contributed by atoms with E-state index in [1.54, 1.807) is 20.5 Å². The number of hydrogen-bond acceptors (Lipinski definition) is 5. The van der Waals surface area contributed by atoms with E-state index in [2.05, 4.69) is 13.8 Å². The molecular weight excluding hydrogens is 320 g/mol. The van der Waals surface area contributed by atoms with E-state index in [1.807, 2.05) is 30.3 Å². The topological polar surface area (TPSA) is 54.0 Å². The summed E-state index contributed by atoms with van der Waals surface area (Å²) >= 11 is 0. The molecule has 0 heterocycles. The maximum absolute atomic E-state index is 13.0. The highest BCUT2D eigenvalue weighted by Crippen LogP contribution is 2.65. The van der Waals surface area contributed by atoms with Crippen LogP contribution in [0.15, 0.2) is 36.6 Å². The number of ether oxygens (including phenoxy) is 4. The average molecular weight is 346 g/mol. The molecule has 2 fully saturated rings. The number of ketones is 1. The first-order valence-corrected chi connectivity index (χ1v) is 8.59. The zero-order valence-electron chi connectivity index (χ0n) is 15.3. The summed E-state index contributed by atoms with van der Waals surface area (Å²) in [7, 11) is 3.20. The number of methoxy groups -OCH3 is 2. The van der Waals surface area contributed by atoms with Gasteiger partial charge in [-0.25, -0.2) is 0 Å². The van der Waals surface area contributed by atoms with E-state index in [0.717, 1.165) is 18.6 Å². The van der Waals surface area contributed by atoms with Crippen molar-refractivity contribution in [2.45, 2.75) is 32.8 Å². The third-order valence-corrected chi connectivity index (χ3v) is 5.97. The molecule has 5 heteroatoms. The molecule has 3 rings (SSSR count). The van der Waals surface area contributed by atoms with E-state index in [-0.39, 0.29) is 23.9 Å². The molecule has 2 aliphatic carbocycles. The van der Waals surface area contributed by atoms with Gasteiger partial charge in [-0.05, 0) is 54.5 Å². The Morgan fingerprint density at radius 3 is 2.48 bits per heavy atom. The van der Waals surface area contributed by atoms with Gasteiger partial charge in [-0.1, -0.05) is 13.8 Å². The molecule has 0 amide bonds. The largest absolute Gasteiger partial charge is 0.497 e. The maximum atomic E-state index is 13.0. The van der Waals surface area contributed by atoms with Crippen molar-refractivity contribution < 1.29 is 23.7 Å². The lowest BCUT2D eigenvalue weighted by Gasteiger charge is -2.32. The lowest BCUT2D eigenvalue weighted by atomic mass is 9.69. The van der Waals surface area contributed by atoms with Gasteiger partial charge in [0.25, 0.3) is 0 Å². The third-order valence-electron chi connectivity index (χ3n) is 5.97. The first-order chi connectivity index (χ1) is 12.0. The SMILES string of the molecule is COCO[C@H]1C(=O)[C@]2(/C=C\Oc3ccc(OC)cc3)CC[C@H]1C2(C)C. The van der Waals surface area contributed by atoms with Crippen LogP contribution in [0.1, 0.15) is 26.7 Å². The Bertz CT molecular complexity index is 649. The third kappa shape index (κ3) is 2.85. The lowest BCUT2D eigenvalue weighted by Crippen LogP contribution is -2.37. The minimum atomic E-state index is -0.539. The predicted molar refractivity (Wildman–Crippen MR) is 93.5 cm³/mol. The fourth-order valence-electron chi connectivity index (χ4n) is 4.40. The fourth-order valence-corrected chi connectivity index (χ4v) is 4.40. The number of benzene rings is 1. The van der Waals surface area contributed by atoms with Crippen LogP contribution in [-0.4, -0.2) is 32.9 Å². The second-order valence-corrected chi connectivity index (χ2v) is 7.29. The van der Waals surface area contributed by atoms with Gasteiger partial charge in [-0.15, -0.1) is 0 Å². The molecule has 0 aliphatic heterocycles. The monoisotopic (exact) mass is 346 g/mol. The smallest absolute Gasteiger partial charge is 0.172 e. The van der Waals surface area contributed by atoms with E-state index in [1.165, 1.54) is 0 Å². The van der Waals surface area contributed by atoms with Crippen molar-refractivity contribution in [2.24, 2.45) is 16.7 Å². The minimum absolute atomic E-state index is 0.139. The molecule has 1 aromatic carbocycles. The van der Waals surface area contributed by atoms with Gasteiger partial charge >= 0.3 is 0 Å². The van der Waals surface area contributed by atoms with Gasteiger partial charge in [0.15, 0.2) is 5.78 Å². The molecule has 2 saturated carbocycles. The number of rotatable bonds is 7. The molecule has 5 nitrogen and oxygen atoms in total. The van der Waals surface area contributed by atoms with Crippen LogP contribution < -0.4 is 9.47 Å². The molecule has 0 saturated heterocycles. The molecule has 0 N–H and O–H groups in total. The summed E-state index contributed by atoms with van der Waals surface area (Å²) in [5.74, 6) is 1.83. The van der Waals surface area contributed by atoms with Crippen molar-refractivity contribution in [3.63, 3.8) is 0 Å². The number of fused-ring (bicyclic) bond motifs is 2. The molecule has 3 atom stereocenters. The summed E-state index contributed by atoms with van der Waals surface area (Å²) in [4.78, 5) is 13.0. The van der Waals surface area contributed by atoms with Gasteiger partial charge in [0.1, 0.15) is 24.4 Å². The first-order valence-electron chi connectivity index (χ1n) is 8.59. The Kier molecular flexibility index (Phi) is 4.89. The number of carbonyl (C=O) groups excluding carboxylic acids is 1. The predicted octanol–water partition coefficient (Wildman–Crippen LogP) is 3.58. The lowest BCUT2D eigenvalue weighted by molar-refractivity contribution is -0.146. The summed E-state index contributed by atoms with van der Waals surface area (Å²) in [6.45, 7) is 4.44. The summed E-state index contributed by atoms with van der Waals surface area (Å²) in [6.07, 6.45) is 4.98. The van der Waals surface area contributed by atoms with Crippen LogP contribution >= 0.6 is 0 Å². The molecule has 0 unspecified atom stereocenters. The first kappa shape index (κ1) is 18.0. The molecule has 25 heavy (non-hydrogen) atoms. The van der Waals surface area contributed by atoms with Crippen molar-refractivity contribution in [1.82, 2.24) is 0 Å². The molecular formula is C20H26O5. The normalized spacial score (nSPS) is 30.2. The van der Waals surface area contributed by atoms with Crippen molar-refractivity contribution in [3.05, 3.63) is 36.6 Å². The Labute approximate surface area is 148 Å². The van der Waals surface area contributed by atoms with Crippen molar-refractivity contribution in [1.29, 1.82) is 0 Å². The average Bonchev–Trinajstić information content (AvgIpc) is 2.95. The van der Waals surface area contributed by atoms with E-state index in [4.69, 9.17) is 18.9 Å². The summed E-state index contributed by atoms with van der Waals surface area (Å²) in [5.41, 5.74) is -0.704. The van der Waals surface area contributed by atoms with Crippen LogP contribution in [0.2, 0.25) is 0 Å². The zero-order valence-corrected chi connectivity index (χ0v) is 15.3. The van der Waals surface area contributed by atoms with Gasteiger partial charge in [0.2, 0.25) is 0 Å². The van der Waals surface area contributed by atoms with Gasteiger partial charge in [0.05, 0.1) is 18.8 Å². The van der Waals surface area contributed by atoms with Gasteiger partial charge < -0.3 is 18.9 Å². The van der Waals surface area contributed by atoms with Crippen LogP contribution in [0.25, 0.3) is 0 Å². The standard InChI is InChI=1S/C20H26O5/c1-19(2)16-9-10-20(19,18(21)17(16)25-13-22-3)11-12-24-15-7-5-14(23-4)6-8-15/h5-8,11-12,16-17H,9-10,13H2,1-4H3/b12-11-/t16-,17-,20-/m1/s1. The van der Waals surface area contributed by atoms with Crippen LogP contribution in [-0.2, 0) is 14.3 Å². The quantitative estimate of drug-likeness (QED) is 0.558. The summed E-state index contributed by atoms with van der Waals surface area (Å²) in [6, 6.07) is 7.35. The Morgan fingerprint density at radius 2 is 1.84 bits per heavy atom. The van der Waals surface area contributed by atoms with Crippen LogP contribution in [0, 0.1) is 16.7 Å². The minimum Gasteiger partial charge on any atom is -0.497 e. The second-order valence-electron chi connectivity index (χ2n) is 7.29. The summed E-state index contributed by atoms with van der Waals surface area (Å²) < 4.78 is 21.5. The van der Waals surface area contributed by atoms with E-state index >= 15 is 0 Å². The van der Waals surface area contributed by atoms with E-state index < -0.39 is 11.5 Å². The molecule has 0 radical (unpaired) electrons. The van der Waals surface area contributed by atoms with E-state index in [0.29, 0.717) is 5.75 Å². The molecule has 2 bridgehead atoms. The number of Topliss-reactive ketones (excluding diaryl/α,β-unsaturated/α-hetero) is 1. The molecule has 2 aliphatic rings. The zero-order chi connectivity index (χ0) is 18.1. The molecule has 1 aromatic rings. The van der Waals surface area contributed by atoms with Crippen molar-refractivity contribution in [2.75, 3.05) is 21.0 Å². The van der Waals surface area contributed by atoms with Crippen molar-refractivity contribution >= 4 is 5.78 Å². The number of allylic oxidation sites excluding steroid dienone is 1. The van der Waals surface area contributed by atoms with Gasteiger partial charge in [-0.3, -0.25) is 4.79 Å². The molecule has 0 spiro atoms. The molecule has 136 valence electrons. The Hall–Kier alpha value is -1.85. The van der Waals surface area contributed by atoms with Crippen LogP contribution in [0.3, 0.4) is 0 Å².